The maximum atomic E-state index is 12.2. The highest BCUT2D eigenvalue weighted by Crippen LogP contribution is 2.28. The number of amides is 2. The van der Waals surface area contributed by atoms with Crippen LogP contribution in [-0.4, -0.2) is 53.8 Å². The number of aliphatic hydroxyl groups is 1. The van der Waals surface area contributed by atoms with Crippen LogP contribution in [0, 0.1) is 0 Å². The Hall–Kier alpha value is -2.40. The Morgan fingerprint density at radius 2 is 2.00 bits per heavy atom. The predicted octanol–water partition coefficient (Wildman–Crippen LogP) is 2.98. The van der Waals surface area contributed by atoms with Crippen LogP contribution in [0.25, 0.3) is 0 Å². The summed E-state index contributed by atoms with van der Waals surface area (Å²) in [6.45, 7) is 3.98. The molecule has 0 radical (unpaired) electrons. The lowest BCUT2D eigenvalue weighted by Crippen LogP contribution is -2.45. The van der Waals surface area contributed by atoms with Gasteiger partial charge in [-0.1, -0.05) is 6.07 Å². The second kappa shape index (κ2) is 10.8. The molecule has 0 saturated heterocycles. The predicted molar refractivity (Wildman–Crippen MR) is 103 cm³/mol. The van der Waals surface area contributed by atoms with Crippen LogP contribution in [0.4, 0.5) is 14.0 Å². The lowest BCUT2D eigenvalue weighted by Gasteiger charge is -2.20. The summed E-state index contributed by atoms with van der Waals surface area (Å²) >= 11 is 3.26. The number of carboxylic acid groups (broad SMARTS) is 1. The molecule has 0 saturated carbocycles. The monoisotopic (exact) mass is 463 g/mol. The van der Waals surface area contributed by atoms with Gasteiger partial charge in [-0.25, -0.2) is 19.0 Å². The highest BCUT2D eigenvalue weighted by Gasteiger charge is 2.19. The number of nitrogens with one attached hydrogen (secondary N) is 2. The van der Waals surface area contributed by atoms with Gasteiger partial charge in [0.2, 0.25) is 5.96 Å². The molecule has 1 aromatic rings. The molecule has 0 aliphatic carbocycles. The number of alkyl halides is 1. The molecule has 1 aromatic carbocycles. The second-order valence-electron chi connectivity index (χ2n) is 6.49. The van der Waals surface area contributed by atoms with Crippen LogP contribution < -0.4 is 15.4 Å². The van der Waals surface area contributed by atoms with Crippen molar-refractivity contribution in [2.45, 2.75) is 32.5 Å². The fourth-order valence-electron chi connectivity index (χ4n) is 1.88. The molecule has 28 heavy (non-hydrogen) atoms. The number of nitrogens with zero attached hydrogens (tertiary/aromatic N) is 1. The van der Waals surface area contributed by atoms with Crippen LogP contribution in [0.2, 0.25) is 0 Å². The lowest BCUT2D eigenvalue weighted by molar-refractivity contribution is 0.0561. The van der Waals surface area contributed by atoms with E-state index in [2.05, 4.69) is 26.2 Å². The molecule has 2 amide bonds. The van der Waals surface area contributed by atoms with Crippen molar-refractivity contribution in [3.63, 3.8) is 0 Å². The van der Waals surface area contributed by atoms with Gasteiger partial charge in [0, 0.05) is 0 Å². The number of alkyl carbamates (subject to hydrolysis) is 1. The fraction of sp³-hybridized carbons (Fsp3) is 0.471. The van der Waals surface area contributed by atoms with Crippen molar-refractivity contribution < 1.29 is 33.7 Å². The maximum absolute atomic E-state index is 12.2. The Balaban J connectivity index is 2.82. The van der Waals surface area contributed by atoms with Crippen molar-refractivity contribution in [1.29, 1.82) is 0 Å². The van der Waals surface area contributed by atoms with Gasteiger partial charge in [-0.15, -0.1) is 0 Å². The summed E-state index contributed by atoms with van der Waals surface area (Å²) < 4.78 is 22.9. The van der Waals surface area contributed by atoms with Crippen LogP contribution in [0.5, 0.6) is 5.75 Å². The molecule has 11 heteroatoms. The van der Waals surface area contributed by atoms with Gasteiger partial charge in [-0.05, 0) is 54.4 Å². The third-order valence-electron chi connectivity index (χ3n) is 2.94. The zero-order valence-corrected chi connectivity index (χ0v) is 17.2. The van der Waals surface area contributed by atoms with Crippen LogP contribution in [-0.2, 0) is 4.74 Å². The average molecular weight is 464 g/mol. The number of guanidine groups is 1. The van der Waals surface area contributed by atoms with Gasteiger partial charge in [-0.3, -0.25) is 10.6 Å². The van der Waals surface area contributed by atoms with E-state index in [0.717, 1.165) is 0 Å². The van der Waals surface area contributed by atoms with Gasteiger partial charge in [0.25, 0.3) is 0 Å². The number of aliphatic imine (C=N–C) groups is 1. The number of ether oxygens (including phenoxy) is 2. The zero-order valence-electron chi connectivity index (χ0n) is 15.7. The molecule has 1 atom stereocenters. The Morgan fingerprint density at radius 1 is 1.32 bits per heavy atom. The Labute approximate surface area is 170 Å². The first-order valence-electron chi connectivity index (χ1n) is 8.22. The highest BCUT2D eigenvalue weighted by molar-refractivity contribution is 9.10. The number of benzene rings is 1. The molecule has 4 N–H and O–H groups in total. The summed E-state index contributed by atoms with van der Waals surface area (Å²) in [7, 11) is 0. The summed E-state index contributed by atoms with van der Waals surface area (Å²) in [6.07, 6.45) is -3.44. The van der Waals surface area contributed by atoms with Gasteiger partial charge in [0.05, 0.1) is 17.1 Å². The zero-order chi connectivity index (χ0) is 21.3. The van der Waals surface area contributed by atoms with Gasteiger partial charge < -0.3 is 19.7 Å². The third kappa shape index (κ3) is 9.00. The average Bonchev–Trinajstić information content (AvgIpc) is 2.56. The first kappa shape index (κ1) is 23.6. The SMILES string of the molecule is CC(C)(C)OC(=O)NC(=NCC(O)c1ccc(OCCF)c(Br)c1)NC(=O)O. The number of aliphatic hydroxyl groups excluding tert-OH is 1. The number of carbonyl (C=O) groups excluding carboxylic acids is 1. The molecular formula is C17H23BrFN3O6. The van der Waals surface area contributed by atoms with Gasteiger partial charge in [0.15, 0.2) is 0 Å². The standard InChI is InChI=1S/C17H23BrFN3O6/c1-17(2,3)28-16(26)22-14(21-15(24)25)20-9-12(23)10-4-5-13(11(18)8-10)27-7-6-19/h4-5,8,12,23H,6-7,9H2,1-3H3,(H,24,25)(H2,20,21,22,26). The molecule has 1 unspecified atom stereocenters. The van der Waals surface area contributed by atoms with E-state index < -0.39 is 30.6 Å². The van der Waals surface area contributed by atoms with Crippen molar-refractivity contribution in [3.8, 4) is 5.75 Å². The molecule has 0 bridgehead atoms. The number of halogens is 2. The molecular weight excluding hydrogens is 441 g/mol. The van der Waals surface area contributed by atoms with Crippen molar-refractivity contribution in [3.05, 3.63) is 28.2 Å². The first-order valence-corrected chi connectivity index (χ1v) is 9.02. The third-order valence-corrected chi connectivity index (χ3v) is 3.56. The highest BCUT2D eigenvalue weighted by atomic mass is 79.9. The molecule has 0 aliphatic rings. The smallest absolute Gasteiger partial charge is 0.414 e. The largest absolute Gasteiger partial charge is 0.490 e. The minimum Gasteiger partial charge on any atom is -0.490 e. The summed E-state index contributed by atoms with van der Waals surface area (Å²) in [6, 6.07) is 4.68. The lowest BCUT2D eigenvalue weighted by atomic mass is 10.1. The Bertz CT molecular complexity index is 723. The number of carbonyl (C=O) groups is 2. The van der Waals surface area contributed by atoms with E-state index in [1.807, 2.05) is 5.32 Å². The summed E-state index contributed by atoms with van der Waals surface area (Å²) in [5.41, 5.74) is -0.328. The second-order valence-corrected chi connectivity index (χ2v) is 7.34. The van der Waals surface area contributed by atoms with E-state index in [-0.39, 0.29) is 19.1 Å². The fourth-order valence-corrected chi connectivity index (χ4v) is 2.40. The minimum absolute atomic E-state index is 0.0919. The normalized spacial score (nSPS) is 12.9. The number of hydrogen-bond donors (Lipinski definition) is 4. The van der Waals surface area contributed by atoms with Crippen molar-refractivity contribution in [1.82, 2.24) is 10.6 Å². The van der Waals surface area contributed by atoms with Gasteiger partial charge >= 0.3 is 12.2 Å². The van der Waals surface area contributed by atoms with Crippen LogP contribution in [0.1, 0.15) is 32.4 Å². The van der Waals surface area contributed by atoms with E-state index in [4.69, 9.17) is 14.6 Å². The quantitative estimate of drug-likeness (QED) is 0.379. The number of hydrogen-bond acceptors (Lipinski definition) is 6. The molecule has 9 nitrogen and oxygen atoms in total. The van der Waals surface area contributed by atoms with Crippen LogP contribution in [0.3, 0.4) is 0 Å². The van der Waals surface area contributed by atoms with Crippen molar-refractivity contribution in [2.75, 3.05) is 19.8 Å². The topological polar surface area (TPSA) is 129 Å². The molecule has 0 aliphatic heterocycles. The van der Waals surface area contributed by atoms with E-state index in [1.54, 1.807) is 39.0 Å². The molecule has 0 spiro atoms. The number of rotatable bonds is 6. The van der Waals surface area contributed by atoms with Crippen molar-refractivity contribution >= 4 is 34.1 Å². The van der Waals surface area contributed by atoms with Crippen LogP contribution in [0.15, 0.2) is 27.7 Å². The summed E-state index contributed by atoms with van der Waals surface area (Å²) in [5.74, 6) is 0.0275. The maximum Gasteiger partial charge on any atom is 0.414 e. The molecule has 0 fully saturated rings. The van der Waals surface area contributed by atoms with Gasteiger partial charge in [0.1, 0.15) is 24.6 Å². The Morgan fingerprint density at radius 3 is 2.54 bits per heavy atom. The first-order chi connectivity index (χ1) is 13.0. The van der Waals surface area contributed by atoms with Crippen molar-refractivity contribution in [2.24, 2.45) is 4.99 Å². The molecule has 0 aromatic heterocycles. The van der Waals surface area contributed by atoms with E-state index >= 15 is 0 Å². The summed E-state index contributed by atoms with van der Waals surface area (Å²) in [4.78, 5) is 26.5. The molecule has 156 valence electrons. The summed E-state index contributed by atoms with van der Waals surface area (Å²) in [5, 5.41) is 23.2. The van der Waals surface area contributed by atoms with E-state index in [9.17, 15) is 19.1 Å². The molecule has 1 rings (SSSR count). The van der Waals surface area contributed by atoms with E-state index in [0.29, 0.717) is 15.8 Å². The Kier molecular flexibility index (Phi) is 9.13. The minimum atomic E-state index is -1.44. The van der Waals surface area contributed by atoms with Crippen LogP contribution >= 0.6 is 15.9 Å². The molecule has 0 heterocycles. The van der Waals surface area contributed by atoms with Gasteiger partial charge in [-0.2, -0.15) is 0 Å². The van der Waals surface area contributed by atoms with E-state index in [1.165, 1.54) is 0 Å².